The minimum Gasteiger partial charge on any atom is -0.355 e. The highest BCUT2D eigenvalue weighted by Crippen LogP contribution is 2.24. The van der Waals surface area contributed by atoms with Crippen LogP contribution in [0.1, 0.15) is 24.9 Å². The molecule has 2 N–H and O–H groups in total. The Kier molecular flexibility index (Phi) is 8.04. The molecule has 1 fully saturated rings. The molecule has 1 aliphatic rings. The Bertz CT molecular complexity index is 456. The van der Waals surface area contributed by atoms with E-state index in [2.05, 4.69) is 28.5 Å². The summed E-state index contributed by atoms with van der Waals surface area (Å²) in [7, 11) is 0. The second kappa shape index (κ2) is 9.26. The summed E-state index contributed by atoms with van der Waals surface area (Å²) in [4.78, 5) is 14.1. The summed E-state index contributed by atoms with van der Waals surface area (Å²) in [5.74, 6) is 0.0979. The maximum atomic E-state index is 11.9. The lowest BCUT2D eigenvalue weighted by Gasteiger charge is -2.36. The van der Waals surface area contributed by atoms with E-state index < -0.39 is 0 Å². The van der Waals surface area contributed by atoms with E-state index in [0.29, 0.717) is 6.54 Å². The number of nitrogens with one attached hydrogen (secondary N) is 2. The Morgan fingerprint density at radius 2 is 2.33 bits per heavy atom. The first-order valence-corrected chi connectivity index (χ1v) is 7.55. The molecule has 1 saturated heterocycles. The van der Waals surface area contributed by atoms with Gasteiger partial charge in [-0.15, -0.1) is 12.4 Å². The quantitative estimate of drug-likeness (QED) is 0.869. The number of hydrogen-bond acceptors (Lipinski definition) is 3. The summed E-state index contributed by atoms with van der Waals surface area (Å²) in [5, 5.41) is 7.06. The highest BCUT2D eigenvalue weighted by atomic mass is 35.5. The van der Waals surface area contributed by atoms with Crippen molar-refractivity contribution >= 4 is 29.9 Å². The Balaban J connectivity index is 0.00000220. The summed E-state index contributed by atoms with van der Waals surface area (Å²) < 4.78 is 0. The summed E-state index contributed by atoms with van der Waals surface area (Å²) >= 11 is 6.07. The largest absolute Gasteiger partial charge is 0.355 e. The van der Waals surface area contributed by atoms with Crippen LogP contribution in [0.15, 0.2) is 24.3 Å². The van der Waals surface area contributed by atoms with Gasteiger partial charge in [-0.05, 0) is 24.1 Å². The minimum atomic E-state index is 0. The molecule has 0 aliphatic carbocycles. The number of rotatable bonds is 5. The van der Waals surface area contributed by atoms with Crippen molar-refractivity contribution in [1.82, 2.24) is 15.5 Å². The molecule has 2 rings (SSSR count). The van der Waals surface area contributed by atoms with Gasteiger partial charge < -0.3 is 10.6 Å². The van der Waals surface area contributed by atoms with Crippen LogP contribution in [0.5, 0.6) is 0 Å². The Morgan fingerprint density at radius 3 is 3.05 bits per heavy atom. The smallest absolute Gasteiger partial charge is 0.234 e. The number of carbonyl (C=O) groups is 1. The van der Waals surface area contributed by atoms with E-state index >= 15 is 0 Å². The number of amides is 1. The van der Waals surface area contributed by atoms with Crippen molar-refractivity contribution in [2.24, 2.45) is 0 Å². The third-order valence-corrected chi connectivity index (χ3v) is 3.74. The van der Waals surface area contributed by atoms with Crippen LogP contribution in [-0.4, -0.2) is 43.5 Å². The van der Waals surface area contributed by atoms with E-state index in [1.54, 1.807) is 0 Å². The van der Waals surface area contributed by atoms with Crippen molar-refractivity contribution in [3.63, 3.8) is 0 Å². The summed E-state index contributed by atoms with van der Waals surface area (Å²) in [6, 6.07) is 8.09. The molecule has 1 unspecified atom stereocenters. The maximum absolute atomic E-state index is 11.9. The van der Waals surface area contributed by atoms with Gasteiger partial charge in [0.15, 0.2) is 0 Å². The fourth-order valence-electron chi connectivity index (χ4n) is 2.48. The molecule has 118 valence electrons. The average Bonchev–Trinajstić information content (AvgIpc) is 2.45. The molecule has 0 bridgehead atoms. The van der Waals surface area contributed by atoms with Gasteiger partial charge in [-0.2, -0.15) is 0 Å². The lowest BCUT2D eigenvalue weighted by atomic mass is 10.0. The molecule has 21 heavy (non-hydrogen) atoms. The Hall–Kier alpha value is -0.810. The van der Waals surface area contributed by atoms with Crippen LogP contribution in [0.3, 0.4) is 0 Å². The summed E-state index contributed by atoms with van der Waals surface area (Å²) in [6.45, 7) is 5.88. The van der Waals surface area contributed by atoms with Crippen LogP contribution in [0.2, 0.25) is 5.02 Å². The highest BCUT2D eigenvalue weighted by molar-refractivity contribution is 6.30. The van der Waals surface area contributed by atoms with Crippen LogP contribution in [0.25, 0.3) is 0 Å². The predicted octanol–water partition coefficient (Wildman–Crippen LogP) is 2.23. The van der Waals surface area contributed by atoms with E-state index in [1.807, 2.05) is 18.2 Å². The lowest BCUT2D eigenvalue weighted by molar-refractivity contribution is -0.123. The van der Waals surface area contributed by atoms with Crippen LogP contribution in [-0.2, 0) is 4.79 Å². The zero-order valence-electron chi connectivity index (χ0n) is 12.3. The molecule has 1 aromatic carbocycles. The first-order chi connectivity index (χ1) is 9.70. The zero-order valence-corrected chi connectivity index (χ0v) is 13.8. The molecule has 0 saturated carbocycles. The Morgan fingerprint density at radius 1 is 1.52 bits per heavy atom. The van der Waals surface area contributed by atoms with Crippen molar-refractivity contribution in [2.75, 3.05) is 32.7 Å². The minimum absolute atomic E-state index is 0. The van der Waals surface area contributed by atoms with Gasteiger partial charge in [-0.3, -0.25) is 9.69 Å². The molecule has 1 amide bonds. The van der Waals surface area contributed by atoms with Gasteiger partial charge in [0.2, 0.25) is 5.91 Å². The van der Waals surface area contributed by atoms with Gasteiger partial charge in [-0.25, -0.2) is 0 Å². The van der Waals surface area contributed by atoms with E-state index in [9.17, 15) is 4.79 Å². The van der Waals surface area contributed by atoms with Crippen molar-refractivity contribution in [3.8, 4) is 0 Å². The SMILES string of the molecule is CCCNC(=O)CN1CCNCC1c1cccc(Cl)c1.Cl. The van der Waals surface area contributed by atoms with Crippen molar-refractivity contribution in [2.45, 2.75) is 19.4 Å². The van der Waals surface area contributed by atoms with Crippen molar-refractivity contribution < 1.29 is 4.79 Å². The number of carbonyl (C=O) groups excluding carboxylic acids is 1. The third-order valence-electron chi connectivity index (χ3n) is 3.51. The molecule has 0 spiro atoms. The first kappa shape index (κ1) is 18.2. The van der Waals surface area contributed by atoms with Gasteiger partial charge >= 0.3 is 0 Å². The molecule has 1 atom stereocenters. The van der Waals surface area contributed by atoms with Crippen molar-refractivity contribution in [3.05, 3.63) is 34.9 Å². The fourth-order valence-corrected chi connectivity index (χ4v) is 2.68. The highest BCUT2D eigenvalue weighted by Gasteiger charge is 2.25. The van der Waals surface area contributed by atoms with Gasteiger partial charge in [-0.1, -0.05) is 30.7 Å². The Labute approximate surface area is 137 Å². The maximum Gasteiger partial charge on any atom is 0.234 e. The standard InChI is InChI=1S/C15H22ClN3O.ClH/c1-2-6-18-15(20)11-19-8-7-17-10-14(19)12-4-3-5-13(16)9-12;/h3-5,9,14,17H,2,6-8,10-11H2,1H3,(H,18,20);1H. The number of hydrogen-bond donors (Lipinski definition) is 2. The molecular formula is C15H23Cl2N3O. The average molecular weight is 332 g/mol. The topological polar surface area (TPSA) is 44.4 Å². The number of benzene rings is 1. The van der Waals surface area contributed by atoms with Crippen LogP contribution in [0, 0.1) is 0 Å². The molecule has 4 nitrogen and oxygen atoms in total. The van der Waals surface area contributed by atoms with Crippen LogP contribution in [0.4, 0.5) is 0 Å². The second-order valence-corrected chi connectivity index (χ2v) is 5.53. The van der Waals surface area contributed by atoms with Crippen LogP contribution >= 0.6 is 24.0 Å². The molecular weight excluding hydrogens is 309 g/mol. The van der Waals surface area contributed by atoms with Gasteiger partial charge in [0.25, 0.3) is 0 Å². The van der Waals surface area contributed by atoms with E-state index in [1.165, 1.54) is 0 Å². The number of nitrogens with zero attached hydrogens (tertiary/aromatic N) is 1. The fraction of sp³-hybridized carbons (Fsp3) is 0.533. The molecule has 1 heterocycles. The molecule has 0 radical (unpaired) electrons. The molecule has 1 aromatic rings. The molecule has 6 heteroatoms. The molecule has 0 aromatic heterocycles. The number of piperazine rings is 1. The van der Waals surface area contributed by atoms with Crippen molar-refractivity contribution in [1.29, 1.82) is 0 Å². The normalized spacial score (nSPS) is 18.9. The van der Waals surface area contributed by atoms with Crippen LogP contribution < -0.4 is 10.6 Å². The zero-order chi connectivity index (χ0) is 14.4. The van der Waals surface area contributed by atoms with E-state index in [0.717, 1.165) is 43.2 Å². The number of halogens is 2. The van der Waals surface area contributed by atoms with Gasteiger partial charge in [0.1, 0.15) is 0 Å². The second-order valence-electron chi connectivity index (χ2n) is 5.10. The van der Waals surface area contributed by atoms with Gasteiger partial charge in [0, 0.05) is 37.2 Å². The first-order valence-electron chi connectivity index (χ1n) is 7.17. The molecule has 1 aliphatic heterocycles. The summed E-state index contributed by atoms with van der Waals surface area (Å²) in [5.41, 5.74) is 1.16. The lowest BCUT2D eigenvalue weighted by Crippen LogP contribution is -2.49. The van der Waals surface area contributed by atoms with E-state index in [4.69, 9.17) is 11.6 Å². The van der Waals surface area contributed by atoms with Gasteiger partial charge in [0.05, 0.1) is 6.54 Å². The predicted molar refractivity (Wildman–Crippen MR) is 89.2 cm³/mol. The third kappa shape index (κ3) is 5.47. The monoisotopic (exact) mass is 331 g/mol. The summed E-state index contributed by atoms with van der Waals surface area (Å²) in [6.07, 6.45) is 0.963. The van der Waals surface area contributed by atoms with E-state index in [-0.39, 0.29) is 24.4 Å².